The van der Waals surface area contributed by atoms with E-state index in [0.717, 1.165) is 10.7 Å². The second-order valence-electron chi connectivity index (χ2n) is 3.79. The van der Waals surface area contributed by atoms with Gasteiger partial charge in [-0.1, -0.05) is 0 Å². The van der Waals surface area contributed by atoms with Crippen molar-refractivity contribution < 1.29 is 9.90 Å². The monoisotopic (exact) mass is 264 g/mol. The van der Waals surface area contributed by atoms with E-state index in [2.05, 4.69) is 15.2 Å². The number of rotatable bonds is 4. The third-order valence-electron chi connectivity index (χ3n) is 2.36. The number of aryl methyl sites for hydroxylation is 1. The zero-order valence-electron chi connectivity index (χ0n) is 9.99. The van der Waals surface area contributed by atoms with Crippen molar-refractivity contribution in [3.05, 3.63) is 33.9 Å². The molecule has 1 N–H and O–H groups in total. The number of carboxylic acid groups (broad SMARTS) is 1. The minimum Gasteiger partial charge on any atom is -0.478 e. The molecule has 2 rings (SSSR count). The Bertz CT molecular complexity index is 570. The Morgan fingerprint density at radius 2 is 2.33 bits per heavy atom. The fourth-order valence-corrected chi connectivity index (χ4v) is 2.18. The van der Waals surface area contributed by atoms with Crippen LogP contribution in [0.1, 0.15) is 21.1 Å². The molecular weight excluding hydrogens is 252 g/mol. The van der Waals surface area contributed by atoms with Crippen molar-refractivity contribution in [1.82, 2.24) is 15.2 Å². The van der Waals surface area contributed by atoms with Crippen molar-refractivity contribution in [2.45, 2.75) is 13.5 Å². The summed E-state index contributed by atoms with van der Waals surface area (Å²) in [6.45, 7) is 2.43. The van der Waals surface area contributed by atoms with Crippen LogP contribution in [-0.4, -0.2) is 33.3 Å². The molecule has 0 saturated heterocycles. The number of hydrogen-bond donors (Lipinski definition) is 1. The maximum atomic E-state index is 11.1. The van der Waals surface area contributed by atoms with Crippen LogP contribution < -0.4 is 4.90 Å². The van der Waals surface area contributed by atoms with E-state index in [4.69, 9.17) is 5.11 Å². The molecule has 0 atom stereocenters. The largest absolute Gasteiger partial charge is 0.478 e. The number of nitrogens with zero attached hydrogens (tertiary/aromatic N) is 4. The van der Waals surface area contributed by atoms with Gasteiger partial charge in [0.2, 0.25) is 0 Å². The van der Waals surface area contributed by atoms with Crippen molar-refractivity contribution in [3.8, 4) is 0 Å². The highest BCUT2D eigenvalue weighted by atomic mass is 32.1. The first kappa shape index (κ1) is 12.4. The van der Waals surface area contributed by atoms with Crippen molar-refractivity contribution in [2.24, 2.45) is 0 Å². The van der Waals surface area contributed by atoms with E-state index in [-0.39, 0.29) is 5.56 Å². The van der Waals surface area contributed by atoms with E-state index in [1.165, 1.54) is 12.3 Å². The molecule has 94 valence electrons. The molecule has 0 aliphatic carbocycles. The van der Waals surface area contributed by atoms with E-state index < -0.39 is 5.97 Å². The fourth-order valence-electron chi connectivity index (χ4n) is 1.57. The average Bonchev–Trinajstić information content (AvgIpc) is 2.74. The lowest BCUT2D eigenvalue weighted by molar-refractivity contribution is 0.0697. The second kappa shape index (κ2) is 5.09. The lowest BCUT2D eigenvalue weighted by Gasteiger charge is -2.17. The molecule has 0 spiro atoms. The molecule has 0 fully saturated rings. The standard InChI is InChI=1S/C11H12N4O2S/c1-7-13-8(6-18-7)5-15(2)10-9(11(16)17)3-4-12-14-10/h3-4,6H,5H2,1-2H3,(H,16,17). The summed E-state index contributed by atoms with van der Waals surface area (Å²) in [6.07, 6.45) is 1.37. The minimum absolute atomic E-state index is 0.138. The van der Waals surface area contributed by atoms with Gasteiger partial charge in [0.05, 0.1) is 23.4 Å². The summed E-state index contributed by atoms with van der Waals surface area (Å²) in [5.41, 5.74) is 1.03. The van der Waals surface area contributed by atoms with Gasteiger partial charge >= 0.3 is 5.97 Å². The highest BCUT2D eigenvalue weighted by Gasteiger charge is 2.16. The molecule has 0 aromatic carbocycles. The van der Waals surface area contributed by atoms with Gasteiger partial charge in [-0.15, -0.1) is 16.4 Å². The minimum atomic E-state index is -1.01. The molecule has 0 radical (unpaired) electrons. The van der Waals surface area contributed by atoms with E-state index in [1.54, 1.807) is 23.3 Å². The Balaban J connectivity index is 2.23. The quantitative estimate of drug-likeness (QED) is 0.903. The fraction of sp³-hybridized carbons (Fsp3) is 0.273. The van der Waals surface area contributed by atoms with Crippen molar-refractivity contribution in [3.63, 3.8) is 0 Å². The molecule has 2 aromatic heterocycles. The maximum absolute atomic E-state index is 11.1. The average molecular weight is 264 g/mol. The van der Waals surface area contributed by atoms with Crippen molar-refractivity contribution >= 4 is 23.1 Å². The SMILES string of the molecule is Cc1nc(CN(C)c2nnccc2C(=O)O)cs1. The topological polar surface area (TPSA) is 79.2 Å². The van der Waals surface area contributed by atoms with Gasteiger partial charge in [-0.3, -0.25) is 0 Å². The van der Waals surface area contributed by atoms with Gasteiger partial charge in [0, 0.05) is 12.4 Å². The van der Waals surface area contributed by atoms with Crippen LogP contribution in [0.3, 0.4) is 0 Å². The first-order chi connectivity index (χ1) is 8.58. The molecule has 2 aromatic rings. The predicted molar refractivity (Wildman–Crippen MR) is 67.9 cm³/mol. The molecule has 7 heteroatoms. The summed E-state index contributed by atoms with van der Waals surface area (Å²) in [5, 5.41) is 19.6. The van der Waals surface area contributed by atoms with Crippen LogP contribution in [0.2, 0.25) is 0 Å². The molecule has 6 nitrogen and oxygen atoms in total. The van der Waals surface area contributed by atoms with Gasteiger partial charge in [0.25, 0.3) is 0 Å². The van der Waals surface area contributed by atoms with Gasteiger partial charge in [-0.25, -0.2) is 9.78 Å². The molecule has 0 bridgehead atoms. The Hall–Kier alpha value is -2.02. The van der Waals surface area contributed by atoms with Crippen molar-refractivity contribution in [2.75, 3.05) is 11.9 Å². The maximum Gasteiger partial charge on any atom is 0.339 e. The normalized spacial score (nSPS) is 10.3. The molecule has 0 saturated carbocycles. The van der Waals surface area contributed by atoms with Gasteiger partial charge in [0.15, 0.2) is 5.82 Å². The second-order valence-corrected chi connectivity index (χ2v) is 4.85. The van der Waals surface area contributed by atoms with Crippen LogP contribution in [0.5, 0.6) is 0 Å². The molecule has 0 aliphatic heterocycles. The van der Waals surface area contributed by atoms with Gasteiger partial charge in [0.1, 0.15) is 5.56 Å². The van der Waals surface area contributed by atoms with Gasteiger partial charge in [-0.2, -0.15) is 5.10 Å². The summed E-state index contributed by atoms with van der Waals surface area (Å²) >= 11 is 1.56. The predicted octanol–water partition coefficient (Wildman–Crippen LogP) is 1.58. The number of aromatic nitrogens is 3. The van der Waals surface area contributed by atoms with Crippen LogP contribution in [0.4, 0.5) is 5.82 Å². The Kier molecular flexibility index (Phi) is 3.52. The third kappa shape index (κ3) is 2.62. The number of aromatic carboxylic acids is 1. The number of thiazole rings is 1. The Morgan fingerprint density at radius 1 is 1.56 bits per heavy atom. The van der Waals surface area contributed by atoms with Crippen molar-refractivity contribution in [1.29, 1.82) is 0 Å². The summed E-state index contributed by atoms with van der Waals surface area (Å²) < 4.78 is 0. The van der Waals surface area contributed by atoms with E-state index >= 15 is 0 Å². The summed E-state index contributed by atoms with van der Waals surface area (Å²) in [5.74, 6) is -0.670. The zero-order chi connectivity index (χ0) is 13.1. The van der Waals surface area contributed by atoms with Crippen LogP contribution >= 0.6 is 11.3 Å². The first-order valence-electron chi connectivity index (χ1n) is 5.25. The van der Waals surface area contributed by atoms with E-state index in [1.807, 2.05) is 12.3 Å². The summed E-state index contributed by atoms with van der Waals surface area (Å²) in [6, 6.07) is 1.44. The van der Waals surface area contributed by atoms with Crippen LogP contribution in [0, 0.1) is 6.92 Å². The summed E-state index contributed by atoms with van der Waals surface area (Å²) in [7, 11) is 1.77. The van der Waals surface area contributed by atoms with Gasteiger partial charge < -0.3 is 10.0 Å². The smallest absolute Gasteiger partial charge is 0.339 e. The van der Waals surface area contributed by atoms with Crippen LogP contribution in [0.25, 0.3) is 0 Å². The molecule has 0 aliphatic rings. The van der Waals surface area contributed by atoms with Gasteiger partial charge in [-0.05, 0) is 13.0 Å². The summed E-state index contributed by atoms with van der Waals surface area (Å²) in [4.78, 5) is 17.1. The lowest BCUT2D eigenvalue weighted by Crippen LogP contribution is -2.21. The number of anilines is 1. The first-order valence-corrected chi connectivity index (χ1v) is 6.13. The Labute approximate surface area is 108 Å². The molecule has 0 amide bonds. The number of carboxylic acids is 1. The molecule has 18 heavy (non-hydrogen) atoms. The van der Waals surface area contributed by atoms with Crippen LogP contribution in [-0.2, 0) is 6.54 Å². The molecule has 2 heterocycles. The number of carbonyl (C=O) groups is 1. The van der Waals surface area contributed by atoms with E-state index in [9.17, 15) is 4.79 Å². The number of hydrogen-bond acceptors (Lipinski definition) is 6. The Morgan fingerprint density at radius 3 is 2.94 bits per heavy atom. The highest BCUT2D eigenvalue weighted by molar-refractivity contribution is 7.09. The highest BCUT2D eigenvalue weighted by Crippen LogP contribution is 2.18. The zero-order valence-corrected chi connectivity index (χ0v) is 10.8. The molecular formula is C11H12N4O2S. The lowest BCUT2D eigenvalue weighted by atomic mass is 10.2. The van der Waals surface area contributed by atoms with E-state index in [0.29, 0.717) is 12.4 Å². The van der Waals surface area contributed by atoms with Crippen LogP contribution in [0.15, 0.2) is 17.6 Å². The molecule has 0 unspecified atom stereocenters. The third-order valence-corrected chi connectivity index (χ3v) is 3.18.